The summed E-state index contributed by atoms with van der Waals surface area (Å²) < 4.78 is 2.04. The number of halogens is 1. The molecule has 1 amide bonds. The second-order valence-electron chi connectivity index (χ2n) is 5.39. The first kappa shape index (κ1) is 17.7. The predicted octanol–water partition coefficient (Wildman–Crippen LogP) is 3.33. The maximum absolute atomic E-state index is 12.3. The summed E-state index contributed by atoms with van der Waals surface area (Å²) in [6, 6.07) is 9.10. The number of carbonyl (C=O) groups is 1. The molecule has 1 aromatic carbocycles. The third-order valence-corrected chi connectivity index (χ3v) is 5.01. The van der Waals surface area contributed by atoms with E-state index in [1.807, 2.05) is 29.7 Å². The van der Waals surface area contributed by atoms with Crippen LogP contribution < -0.4 is 5.32 Å². The van der Waals surface area contributed by atoms with Crippen molar-refractivity contribution in [2.24, 2.45) is 0 Å². The lowest BCUT2D eigenvalue weighted by molar-refractivity contribution is 0.0951. The maximum Gasteiger partial charge on any atom is 0.269 e. The zero-order valence-corrected chi connectivity index (χ0v) is 15.6. The molecule has 6 nitrogen and oxygen atoms in total. The molecule has 0 radical (unpaired) electrons. The molecule has 0 spiro atoms. The van der Waals surface area contributed by atoms with E-state index in [2.05, 4.69) is 27.4 Å². The summed E-state index contributed by atoms with van der Waals surface area (Å²) in [5, 5.41) is 13.4. The lowest BCUT2D eigenvalue weighted by atomic mass is 10.2. The molecular weight excluding hydrogens is 358 g/mol. The fourth-order valence-electron chi connectivity index (χ4n) is 2.47. The number of rotatable bonds is 6. The first-order valence-electron chi connectivity index (χ1n) is 7.96. The fourth-order valence-corrected chi connectivity index (χ4v) is 3.59. The van der Waals surface area contributed by atoms with E-state index in [4.69, 9.17) is 11.6 Å². The van der Waals surface area contributed by atoms with Gasteiger partial charge >= 0.3 is 0 Å². The van der Waals surface area contributed by atoms with Crippen LogP contribution >= 0.6 is 23.4 Å². The van der Waals surface area contributed by atoms with E-state index >= 15 is 0 Å². The van der Waals surface area contributed by atoms with Gasteiger partial charge in [0.2, 0.25) is 0 Å². The van der Waals surface area contributed by atoms with Crippen LogP contribution in [0.2, 0.25) is 5.02 Å². The number of amides is 1. The zero-order chi connectivity index (χ0) is 17.8. The number of aryl methyl sites for hydroxylation is 1. The summed E-state index contributed by atoms with van der Waals surface area (Å²) in [6.07, 6.45) is 0. The molecule has 0 aliphatic carbocycles. The Kier molecular flexibility index (Phi) is 5.55. The highest BCUT2D eigenvalue weighted by atomic mass is 35.5. The number of nitrogens with one attached hydrogen (secondary N) is 1. The second-order valence-corrected chi connectivity index (χ2v) is 6.86. The topological polar surface area (TPSA) is 72.7 Å². The van der Waals surface area contributed by atoms with Gasteiger partial charge in [0.15, 0.2) is 5.16 Å². The quantitative estimate of drug-likeness (QED) is 0.528. The Morgan fingerprint density at radius 1 is 1.28 bits per heavy atom. The molecule has 1 N–H and O–H groups in total. The Morgan fingerprint density at radius 3 is 2.92 bits per heavy atom. The van der Waals surface area contributed by atoms with E-state index in [-0.39, 0.29) is 5.91 Å². The number of fused-ring (bicyclic) bond motifs is 1. The summed E-state index contributed by atoms with van der Waals surface area (Å²) in [6.45, 7) is 5.33. The van der Waals surface area contributed by atoms with Crippen molar-refractivity contribution in [3.05, 3.63) is 46.9 Å². The Bertz CT molecular complexity index is 911. The molecule has 2 heterocycles. The monoisotopic (exact) mass is 375 g/mol. The number of benzene rings is 1. The van der Waals surface area contributed by atoms with Crippen molar-refractivity contribution in [1.29, 1.82) is 0 Å². The molecule has 0 fully saturated rings. The van der Waals surface area contributed by atoms with Gasteiger partial charge in [-0.05, 0) is 26.0 Å². The third kappa shape index (κ3) is 3.93. The summed E-state index contributed by atoms with van der Waals surface area (Å²) in [5.74, 6) is 1.39. The number of pyridine rings is 1. The number of hydrogen-bond donors (Lipinski definition) is 1. The largest absolute Gasteiger partial charge is 0.350 e. The highest BCUT2D eigenvalue weighted by Gasteiger charge is 2.11. The maximum atomic E-state index is 12.3. The Morgan fingerprint density at radius 2 is 2.12 bits per heavy atom. The van der Waals surface area contributed by atoms with Gasteiger partial charge in [-0.15, -0.1) is 10.2 Å². The zero-order valence-electron chi connectivity index (χ0n) is 14.0. The van der Waals surface area contributed by atoms with Crippen LogP contribution in [0.5, 0.6) is 0 Å². The van der Waals surface area contributed by atoms with E-state index in [1.165, 1.54) is 0 Å². The van der Waals surface area contributed by atoms with E-state index in [0.29, 0.717) is 28.5 Å². The molecule has 3 aromatic rings. The average molecular weight is 376 g/mol. The van der Waals surface area contributed by atoms with Gasteiger partial charge in [-0.3, -0.25) is 4.79 Å². The van der Waals surface area contributed by atoms with Gasteiger partial charge in [-0.1, -0.05) is 41.6 Å². The van der Waals surface area contributed by atoms with Crippen molar-refractivity contribution in [2.75, 3.05) is 12.3 Å². The lowest BCUT2D eigenvalue weighted by Crippen LogP contribution is -2.26. The van der Waals surface area contributed by atoms with E-state index < -0.39 is 0 Å². The third-order valence-electron chi connectivity index (χ3n) is 3.74. The van der Waals surface area contributed by atoms with Crippen LogP contribution in [0.15, 0.2) is 35.5 Å². The van der Waals surface area contributed by atoms with Gasteiger partial charge in [-0.2, -0.15) is 0 Å². The summed E-state index contributed by atoms with van der Waals surface area (Å²) in [4.78, 5) is 16.6. The first-order chi connectivity index (χ1) is 12.1. The Hall–Kier alpha value is -2.12. The predicted molar refractivity (Wildman–Crippen MR) is 100 cm³/mol. The van der Waals surface area contributed by atoms with Gasteiger partial charge in [0.05, 0.1) is 10.5 Å². The van der Waals surface area contributed by atoms with Crippen molar-refractivity contribution in [3.63, 3.8) is 0 Å². The van der Waals surface area contributed by atoms with Crippen molar-refractivity contribution < 1.29 is 4.79 Å². The minimum absolute atomic E-state index is 0.212. The molecule has 0 atom stereocenters. The van der Waals surface area contributed by atoms with Crippen molar-refractivity contribution >= 4 is 40.2 Å². The minimum Gasteiger partial charge on any atom is -0.350 e. The smallest absolute Gasteiger partial charge is 0.269 e. The molecule has 0 aliphatic rings. The molecule has 25 heavy (non-hydrogen) atoms. The summed E-state index contributed by atoms with van der Waals surface area (Å²) in [7, 11) is 0. The number of hydrogen-bond acceptors (Lipinski definition) is 5. The number of thioether (sulfide) groups is 1. The van der Waals surface area contributed by atoms with Crippen molar-refractivity contribution in [2.45, 2.75) is 25.5 Å². The van der Waals surface area contributed by atoms with Gasteiger partial charge < -0.3 is 9.88 Å². The SMILES string of the molecule is CCn1c(C)nnc1SCCNC(=O)c1ccc2cccc(Cl)c2n1. The van der Waals surface area contributed by atoms with Crippen LogP contribution in [0, 0.1) is 6.92 Å². The van der Waals surface area contributed by atoms with E-state index in [9.17, 15) is 4.79 Å². The normalized spacial score (nSPS) is 11.0. The molecule has 0 saturated carbocycles. The first-order valence-corrected chi connectivity index (χ1v) is 9.32. The molecule has 0 aliphatic heterocycles. The summed E-state index contributed by atoms with van der Waals surface area (Å²) >= 11 is 7.71. The second kappa shape index (κ2) is 7.84. The molecule has 0 saturated heterocycles. The Balaban J connectivity index is 1.58. The number of para-hydroxylation sites is 1. The molecule has 0 bridgehead atoms. The van der Waals surface area contributed by atoms with Crippen molar-refractivity contribution in [3.8, 4) is 0 Å². The number of carbonyl (C=O) groups excluding carboxylic acids is 1. The van der Waals surface area contributed by atoms with E-state index in [1.54, 1.807) is 23.9 Å². The van der Waals surface area contributed by atoms with Gasteiger partial charge in [0, 0.05) is 24.2 Å². The lowest BCUT2D eigenvalue weighted by Gasteiger charge is -2.07. The van der Waals surface area contributed by atoms with Crippen LogP contribution in [0.4, 0.5) is 0 Å². The summed E-state index contributed by atoms with van der Waals surface area (Å²) in [5.41, 5.74) is 0.996. The molecule has 130 valence electrons. The van der Waals surface area contributed by atoms with Crippen molar-refractivity contribution in [1.82, 2.24) is 25.1 Å². The van der Waals surface area contributed by atoms with Crippen LogP contribution in [0.3, 0.4) is 0 Å². The molecule has 8 heteroatoms. The average Bonchev–Trinajstić information content (AvgIpc) is 2.98. The highest BCUT2D eigenvalue weighted by molar-refractivity contribution is 7.99. The fraction of sp³-hybridized carbons (Fsp3) is 0.294. The number of nitrogens with zero attached hydrogens (tertiary/aromatic N) is 4. The van der Waals surface area contributed by atoms with Crippen LogP contribution in [0.25, 0.3) is 10.9 Å². The highest BCUT2D eigenvalue weighted by Crippen LogP contribution is 2.21. The van der Waals surface area contributed by atoms with Gasteiger partial charge in [-0.25, -0.2) is 4.98 Å². The number of aromatic nitrogens is 4. The van der Waals surface area contributed by atoms with Crippen LogP contribution in [-0.2, 0) is 6.54 Å². The minimum atomic E-state index is -0.212. The standard InChI is InChI=1S/C17H18ClN5OS/c1-3-23-11(2)21-22-17(23)25-10-9-19-16(24)14-8-7-12-5-4-6-13(18)15(12)20-14/h4-8H,3,9-10H2,1-2H3,(H,19,24). The molecular formula is C17H18ClN5OS. The molecule has 3 rings (SSSR count). The van der Waals surface area contributed by atoms with Gasteiger partial charge in [0.25, 0.3) is 5.91 Å². The Labute approximate surface area is 155 Å². The van der Waals surface area contributed by atoms with Crippen LogP contribution in [0.1, 0.15) is 23.2 Å². The van der Waals surface area contributed by atoms with Crippen LogP contribution in [-0.4, -0.2) is 38.0 Å². The molecule has 2 aromatic heterocycles. The molecule has 0 unspecified atom stereocenters. The van der Waals surface area contributed by atoms with E-state index in [0.717, 1.165) is 22.9 Å². The van der Waals surface area contributed by atoms with Gasteiger partial charge in [0.1, 0.15) is 11.5 Å².